The summed E-state index contributed by atoms with van der Waals surface area (Å²) in [6.45, 7) is 1.93. The van der Waals surface area contributed by atoms with E-state index in [4.69, 9.17) is 21.1 Å². The quantitative estimate of drug-likeness (QED) is 0.118. The van der Waals surface area contributed by atoms with Gasteiger partial charge in [-0.2, -0.15) is 0 Å². The minimum atomic E-state index is -0.530. The number of benzene rings is 3. The summed E-state index contributed by atoms with van der Waals surface area (Å²) in [5.41, 5.74) is 1.67. The molecule has 1 aromatic heterocycles. The monoisotopic (exact) mass is 732 g/mol. The first kappa shape index (κ1) is 32.5. The average Bonchev–Trinajstić information content (AvgIpc) is 3.84. The first-order chi connectivity index (χ1) is 24.1. The summed E-state index contributed by atoms with van der Waals surface area (Å²) < 4.78 is 11.9. The Bertz CT molecular complexity index is 2100. The number of thioether (sulfide) groups is 1. The lowest BCUT2D eigenvalue weighted by Crippen LogP contribution is -2.42. The van der Waals surface area contributed by atoms with Gasteiger partial charge in [-0.1, -0.05) is 29.0 Å². The number of nitrogens with one attached hydrogen (secondary N) is 2. The minimum Gasteiger partial charge on any atom is -0.490 e. The Kier molecular flexibility index (Phi) is 8.19. The molecule has 6 unspecified atom stereocenters. The molecule has 2 N–H and O–H groups in total. The number of aromatic nitrogens is 1. The number of H-pyrrole nitrogens is 1. The number of amides is 3. The second kappa shape index (κ2) is 12.6. The van der Waals surface area contributed by atoms with Crippen molar-refractivity contribution in [1.29, 1.82) is 0 Å². The van der Waals surface area contributed by atoms with Crippen molar-refractivity contribution in [2.45, 2.75) is 29.5 Å². The van der Waals surface area contributed by atoms with Crippen LogP contribution < -0.4 is 24.6 Å². The third-order valence-corrected chi connectivity index (χ3v) is 13.0. The van der Waals surface area contributed by atoms with Crippen LogP contribution in [0.4, 0.5) is 17.1 Å². The highest BCUT2D eigenvalue weighted by Crippen LogP contribution is 2.68. The molecule has 2 saturated carbocycles. The van der Waals surface area contributed by atoms with Crippen LogP contribution in [0.3, 0.4) is 0 Å². The molecule has 12 nitrogen and oxygen atoms in total. The summed E-state index contributed by atoms with van der Waals surface area (Å²) in [5, 5.41) is 15.3. The van der Waals surface area contributed by atoms with Crippen molar-refractivity contribution in [2.24, 2.45) is 29.6 Å². The van der Waals surface area contributed by atoms with Gasteiger partial charge in [0.25, 0.3) is 11.6 Å². The Morgan fingerprint density at radius 2 is 1.72 bits per heavy atom. The lowest BCUT2D eigenvalue weighted by Gasteiger charge is -2.43. The number of fused-ring (bicyclic) bond motifs is 9. The van der Waals surface area contributed by atoms with E-state index >= 15 is 0 Å². The third-order valence-electron chi connectivity index (χ3n) is 10.2. The lowest BCUT2D eigenvalue weighted by atomic mass is 9.68. The number of rotatable bonds is 9. The molecular weight excluding hydrogens is 704 g/mol. The molecule has 256 valence electrons. The largest absolute Gasteiger partial charge is 0.490 e. The van der Waals surface area contributed by atoms with E-state index in [1.54, 1.807) is 42.1 Å². The van der Waals surface area contributed by atoms with E-state index in [2.05, 4.69) is 10.3 Å². The number of imide groups is 1. The smallest absolute Gasteiger partial charge is 0.305 e. The molecular formula is C35H29ClN4O8S2. The Labute approximate surface area is 298 Å². The van der Waals surface area contributed by atoms with Gasteiger partial charge in [-0.3, -0.25) is 34.2 Å². The van der Waals surface area contributed by atoms with Crippen molar-refractivity contribution >= 4 is 69.5 Å². The Balaban J connectivity index is 1.09. The molecule has 4 aromatic rings. The van der Waals surface area contributed by atoms with Crippen LogP contribution in [-0.2, 0) is 14.4 Å². The zero-order chi connectivity index (χ0) is 34.8. The minimum absolute atomic E-state index is 0.0272. The molecule has 0 radical (unpaired) electrons. The number of aromatic amines is 1. The number of carbonyl (C=O) groups excluding carboxylic acids is 3. The van der Waals surface area contributed by atoms with Gasteiger partial charge < -0.3 is 19.8 Å². The predicted octanol–water partition coefficient (Wildman–Crippen LogP) is 6.09. The average molecular weight is 733 g/mol. The number of ether oxygens (including phenoxy) is 2. The molecule has 7 atom stereocenters. The first-order valence-corrected chi connectivity index (χ1v) is 18.2. The highest BCUT2D eigenvalue weighted by molar-refractivity contribution is 8.00. The van der Waals surface area contributed by atoms with Gasteiger partial charge in [0.05, 0.1) is 34.1 Å². The van der Waals surface area contributed by atoms with Gasteiger partial charge in [-0.05, 0) is 85.2 Å². The molecule has 2 aliphatic heterocycles. The molecule has 3 aromatic carbocycles. The van der Waals surface area contributed by atoms with Gasteiger partial charge >= 0.3 is 4.87 Å². The fraction of sp³-hybridized carbons (Fsp3) is 0.314. The van der Waals surface area contributed by atoms with Gasteiger partial charge in [0.2, 0.25) is 11.8 Å². The predicted molar refractivity (Wildman–Crippen MR) is 187 cm³/mol. The Morgan fingerprint density at radius 3 is 2.42 bits per heavy atom. The van der Waals surface area contributed by atoms with E-state index in [0.717, 1.165) is 26.8 Å². The van der Waals surface area contributed by atoms with E-state index in [0.29, 0.717) is 40.9 Å². The van der Waals surface area contributed by atoms with E-state index in [9.17, 15) is 29.3 Å². The van der Waals surface area contributed by atoms with Crippen LogP contribution in [0.15, 0.2) is 76.6 Å². The second-order valence-electron chi connectivity index (χ2n) is 12.7. The molecule has 15 heteroatoms. The van der Waals surface area contributed by atoms with Gasteiger partial charge in [0, 0.05) is 38.9 Å². The molecule has 8 rings (SSSR count). The van der Waals surface area contributed by atoms with E-state index in [-0.39, 0.29) is 63.8 Å². The summed E-state index contributed by atoms with van der Waals surface area (Å²) in [7, 11) is 0. The number of hydrogen-bond donors (Lipinski definition) is 2. The molecule has 3 fully saturated rings. The third kappa shape index (κ3) is 5.37. The van der Waals surface area contributed by atoms with Crippen LogP contribution in [0, 0.1) is 39.7 Å². The van der Waals surface area contributed by atoms with Crippen LogP contribution in [-0.4, -0.2) is 46.1 Å². The maximum Gasteiger partial charge on any atom is 0.305 e. The Morgan fingerprint density at radius 1 is 1.00 bits per heavy atom. The molecule has 50 heavy (non-hydrogen) atoms. The highest BCUT2D eigenvalue weighted by Gasteiger charge is 2.69. The van der Waals surface area contributed by atoms with Crippen molar-refractivity contribution in [2.75, 3.05) is 23.4 Å². The number of carbonyl (C=O) groups is 3. The van der Waals surface area contributed by atoms with Crippen molar-refractivity contribution < 1.29 is 28.8 Å². The Hall–Kier alpha value is -4.66. The normalized spacial score (nSPS) is 26.0. The maximum atomic E-state index is 14.1. The zero-order valence-electron chi connectivity index (χ0n) is 26.4. The maximum absolute atomic E-state index is 14.1. The standard InChI is InChI=1S/C35H29ClN4O8S2/c1-2-47-24-13-16(3-12-23(24)48-15-25(41)37-18-6-4-17(36)5-7-18)26-27-21-14-22(30(27)49-32-31(26)50-35(44)38-32)29-28(21)33(42)39(34(29)43)19-8-10-20(11-9-19)40(45)46/h3-13,21-22,26-30H,2,14-15H2,1H3,(H,37,41)(H,38,44)/t21?,22?,26-,27?,28?,29?,30?/m1/s1. The summed E-state index contributed by atoms with van der Waals surface area (Å²) in [6, 6.07) is 17.8. The van der Waals surface area contributed by atoms with Crippen LogP contribution in [0.1, 0.15) is 29.7 Å². The number of nitrogens with zero attached hydrogens (tertiary/aromatic N) is 2. The summed E-state index contributed by atoms with van der Waals surface area (Å²) in [5.74, 6) is -1.64. The van der Waals surface area contributed by atoms with Gasteiger partial charge in [-0.15, -0.1) is 11.8 Å². The van der Waals surface area contributed by atoms with E-state index in [1.807, 2.05) is 19.1 Å². The summed E-state index contributed by atoms with van der Waals surface area (Å²) >= 11 is 8.68. The molecule has 2 bridgehead atoms. The van der Waals surface area contributed by atoms with Crippen molar-refractivity contribution in [1.82, 2.24) is 4.98 Å². The zero-order valence-corrected chi connectivity index (χ0v) is 28.8. The first-order valence-electron chi connectivity index (χ1n) is 16.1. The van der Waals surface area contributed by atoms with Crippen LogP contribution in [0.2, 0.25) is 5.02 Å². The SMILES string of the molecule is CCOc1cc([C@H]2c3sc(=O)[nH]c3SC3C4CC(C5C(=O)N(c6ccc([N+](=O)[O-])cc6)C(=O)C45)C32)ccc1OCC(=O)Nc1ccc(Cl)cc1. The lowest BCUT2D eigenvalue weighted by molar-refractivity contribution is -0.384. The van der Waals surface area contributed by atoms with Crippen LogP contribution >= 0.6 is 34.7 Å². The van der Waals surface area contributed by atoms with E-state index < -0.39 is 16.8 Å². The number of hydrogen-bond acceptors (Lipinski definition) is 10. The van der Waals surface area contributed by atoms with Gasteiger partial charge in [0.1, 0.15) is 0 Å². The number of thiazole rings is 1. The molecule has 4 aliphatic rings. The fourth-order valence-corrected chi connectivity index (χ4v) is 11.4. The van der Waals surface area contributed by atoms with Gasteiger partial charge in [-0.25, -0.2) is 0 Å². The van der Waals surface area contributed by atoms with Gasteiger partial charge in [0.15, 0.2) is 18.1 Å². The molecule has 0 spiro atoms. The topological polar surface area (TPSA) is 161 Å². The number of halogens is 1. The number of nitro benzene ring substituents is 1. The summed E-state index contributed by atoms with van der Waals surface area (Å²) in [6.07, 6.45) is 0.709. The van der Waals surface area contributed by atoms with Crippen molar-refractivity contribution in [3.63, 3.8) is 0 Å². The molecule has 1 saturated heterocycles. The second-order valence-corrected chi connectivity index (χ2v) is 15.4. The highest BCUT2D eigenvalue weighted by atomic mass is 35.5. The molecule has 3 heterocycles. The van der Waals surface area contributed by atoms with Crippen LogP contribution in [0.5, 0.6) is 11.5 Å². The number of nitro groups is 1. The fourth-order valence-electron chi connectivity index (χ4n) is 8.35. The van der Waals surface area contributed by atoms with Crippen LogP contribution in [0.25, 0.3) is 0 Å². The van der Waals surface area contributed by atoms with E-state index in [1.165, 1.54) is 29.2 Å². The molecule has 3 amide bonds. The van der Waals surface area contributed by atoms with Crippen molar-refractivity contribution in [3.05, 3.63) is 102 Å². The number of anilines is 2. The summed E-state index contributed by atoms with van der Waals surface area (Å²) in [4.78, 5) is 68.9. The molecule has 2 aliphatic carbocycles. The number of non-ortho nitro benzene ring substituents is 1. The van der Waals surface area contributed by atoms with Crippen molar-refractivity contribution in [3.8, 4) is 11.5 Å².